The minimum atomic E-state index is -3.21. The molecule has 4 aromatic rings. The quantitative estimate of drug-likeness (QED) is 0.254. The lowest BCUT2D eigenvalue weighted by Crippen LogP contribution is -2.28. The third kappa shape index (κ3) is 5.03. The molecule has 3 heterocycles. The average molecular weight is 586 g/mol. The van der Waals surface area contributed by atoms with Crippen molar-refractivity contribution < 1.29 is 37.7 Å². The van der Waals surface area contributed by atoms with E-state index < -0.39 is 35.6 Å². The molecular formula is C32H23F2N2O7-. The number of esters is 1. The summed E-state index contributed by atoms with van der Waals surface area (Å²) in [6.45, 7) is 1.17. The lowest BCUT2D eigenvalue weighted by atomic mass is 9.94. The zero-order valence-electron chi connectivity index (χ0n) is 22.7. The first-order valence-electron chi connectivity index (χ1n) is 13.3. The molecule has 218 valence electrons. The normalized spacial score (nSPS) is 18.5. The predicted octanol–water partition coefficient (Wildman–Crippen LogP) is 4.27. The smallest absolute Gasteiger partial charge is 0.414 e. The number of carbonyl (C=O) groups excluding carboxylic acids is 3. The van der Waals surface area contributed by atoms with E-state index >= 15 is 8.78 Å². The van der Waals surface area contributed by atoms with Crippen LogP contribution in [0.1, 0.15) is 33.2 Å². The number of rotatable bonds is 5. The van der Waals surface area contributed by atoms with Gasteiger partial charge in [0.1, 0.15) is 6.61 Å². The van der Waals surface area contributed by atoms with Crippen molar-refractivity contribution in [3.05, 3.63) is 111 Å². The Morgan fingerprint density at radius 3 is 2.51 bits per heavy atom. The molecule has 9 nitrogen and oxygen atoms in total. The van der Waals surface area contributed by atoms with E-state index in [0.717, 1.165) is 6.08 Å². The summed E-state index contributed by atoms with van der Waals surface area (Å²) >= 11 is 0. The van der Waals surface area contributed by atoms with Gasteiger partial charge in [-0.2, -0.15) is 8.78 Å². The fraction of sp³-hybridized carbons (Fsp3) is 0.188. The zero-order chi connectivity index (χ0) is 30.5. The minimum Gasteiger partial charge on any atom is -0.545 e. The van der Waals surface area contributed by atoms with Crippen molar-refractivity contribution in [2.24, 2.45) is 0 Å². The maximum Gasteiger partial charge on any atom is 0.414 e. The van der Waals surface area contributed by atoms with Crippen LogP contribution in [0, 0.1) is 0 Å². The Balaban J connectivity index is 1.28. The van der Waals surface area contributed by atoms with E-state index in [-0.39, 0.29) is 47.3 Å². The van der Waals surface area contributed by atoms with Gasteiger partial charge in [-0.05, 0) is 42.7 Å². The third-order valence-electron chi connectivity index (χ3n) is 7.45. The van der Waals surface area contributed by atoms with Crippen LogP contribution in [0.25, 0.3) is 22.0 Å². The van der Waals surface area contributed by atoms with Crippen LogP contribution in [0.4, 0.5) is 19.3 Å². The lowest BCUT2D eigenvalue weighted by molar-refractivity contribution is -0.255. The monoisotopic (exact) mass is 585 g/mol. The molecule has 1 amide bonds. The second-order valence-corrected chi connectivity index (χ2v) is 10.4. The highest BCUT2D eigenvalue weighted by molar-refractivity contribution is 6.01. The predicted molar refractivity (Wildman–Crippen MR) is 150 cm³/mol. The molecule has 1 atom stereocenters. The minimum absolute atomic E-state index is 0.00364. The number of carboxylic acid groups (broad SMARTS) is 1. The van der Waals surface area contributed by atoms with Crippen LogP contribution in [-0.4, -0.2) is 41.9 Å². The molecule has 0 aliphatic carbocycles. The molecule has 0 N–H and O–H groups in total. The van der Waals surface area contributed by atoms with Gasteiger partial charge in [0.05, 0.1) is 23.8 Å². The van der Waals surface area contributed by atoms with E-state index in [4.69, 9.17) is 9.47 Å². The van der Waals surface area contributed by atoms with Gasteiger partial charge in [0.15, 0.2) is 6.10 Å². The van der Waals surface area contributed by atoms with Crippen LogP contribution in [0.15, 0.2) is 89.2 Å². The number of pyridine rings is 1. The largest absolute Gasteiger partial charge is 0.545 e. The maximum absolute atomic E-state index is 15.1. The van der Waals surface area contributed by atoms with Crippen LogP contribution in [0.5, 0.6) is 0 Å². The molecule has 6 rings (SSSR count). The van der Waals surface area contributed by atoms with Crippen molar-refractivity contribution in [2.75, 3.05) is 18.1 Å². The van der Waals surface area contributed by atoms with Gasteiger partial charge in [0.2, 0.25) is 0 Å². The maximum atomic E-state index is 15.1. The van der Waals surface area contributed by atoms with Gasteiger partial charge in [-0.15, -0.1) is 0 Å². The Labute approximate surface area is 243 Å². The lowest BCUT2D eigenvalue weighted by Gasteiger charge is -2.24. The topological polar surface area (TPSA) is 118 Å². The molecule has 43 heavy (non-hydrogen) atoms. The molecule has 2 aliphatic heterocycles. The molecule has 1 saturated heterocycles. The third-order valence-corrected chi connectivity index (χ3v) is 7.45. The Kier molecular flexibility index (Phi) is 6.80. The Bertz CT molecular complexity index is 1910. The molecule has 2 aliphatic rings. The van der Waals surface area contributed by atoms with Gasteiger partial charge in [-0.3, -0.25) is 9.69 Å². The summed E-state index contributed by atoms with van der Waals surface area (Å²) in [5, 5.41) is 12.1. The Hall–Kier alpha value is -5.32. The summed E-state index contributed by atoms with van der Waals surface area (Å²) in [5.74, 6) is -5.65. The molecule has 11 heteroatoms. The number of carbonyl (C=O) groups is 3. The standard InChI is InChI=1S/C32H24F2N2O7/c1-18-14-32(33,34)26-9-5-4-8-24(26)27-12-19-10-11-20(13-25(19)28(37)36(27)15-18)35-16-21(43-31(35)41)17-42-30(40)23-7-3-2-6-22(23)29(38)39/h2-14,21H,15-17H2,1H3,(H,38,39)/p-1/b18-14-/t21-/m0/s1. The second kappa shape index (κ2) is 10.5. The highest BCUT2D eigenvalue weighted by Crippen LogP contribution is 2.40. The molecule has 0 saturated carbocycles. The number of benzene rings is 3. The molecule has 0 spiro atoms. The summed E-state index contributed by atoms with van der Waals surface area (Å²) in [6, 6.07) is 18.0. The number of cyclic esters (lactones) is 1. The van der Waals surface area contributed by atoms with E-state index in [9.17, 15) is 24.3 Å². The summed E-state index contributed by atoms with van der Waals surface area (Å²) in [6.07, 6.45) is -0.714. The molecule has 0 unspecified atom stereocenters. The van der Waals surface area contributed by atoms with Crippen LogP contribution in [0.3, 0.4) is 0 Å². The highest BCUT2D eigenvalue weighted by Gasteiger charge is 2.35. The molecule has 0 radical (unpaired) electrons. The summed E-state index contributed by atoms with van der Waals surface area (Å²) in [7, 11) is 0. The summed E-state index contributed by atoms with van der Waals surface area (Å²) < 4.78 is 42.1. The molecular weight excluding hydrogens is 562 g/mol. The van der Waals surface area contributed by atoms with Crippen molar-refractivity contribution >= 4 is 34.5 Å². The molecule has 3 aromatic carbocycles. The first-order valence-corrected chi connectivity index (χ1v) is 13.3. The first kappa shape index (κ1) is 27.8. The number of allylic oxidation sites excluding steroid dienone is 2. The molecule has 1 aromatic heterocycles. The number of halogens is 2. The van der Waals surface area contributed by atoms with E-state index in [2.05, 4.69) is 0 Å². The highest BCUT2D eigenvalue weighted by atomic mass is 19.3. The molecule has 1 fully saturated rings. The number of alkyl halides is 2. The number of ether oxygens (including phenoxy) is 2. The van der Waals surface area contributed by atoms with Crippen molar-refractivity contribution in [1.29, 1.82) is 0 Å². The van der Waals surface area contributed by atoms with Crippen molar-refractivity contribution in [2.45, 2.75) is 25.5 Å². The second-order valence-electron chi connectivity index (χ2n) is 10.4. The van der Waals surface area contributed by atoms with Crippen molar-refractivity contribution in [1.82, 2.24) is 4.57 Å². The first-order chi connectivity index (χ1) is 20.5. The van der Waals surface area contributed by atoms with Crippen LogP contribution < -0.4 is 15.6 Å². The van der Waals surface area contributed by atoms with E-state index in [1.54, 1.807) is 37.3 Å². The van der Waals surface area contributed by atoms with Gasteiger partial charge in [0, 0.05) is 34.3 Å². The van der Waals surface area contributed by atoms with Crippen molar-refractivity contribution in [3.63, 3.8) is 0 Å². The number of hydrogen-bond donors (Lipinski definition) is 0. The van der Waals surface area contributed by atoms with Gasteiger partial charge in [-0.25, -0.2) is 9.59 Å². The van der Waals surface area contributed by atoms with Gasteiger partial charge < -0.3 is 23.9 Å². The Morgan fingerprint density at radius 1 is 1.02 bits per heavy atom. The van der Waals surface area contributed by atoms with Crippen molar-refractivity contribution in [3.8, 4) is 11.3 Å². The summed E-state index contributed by atoms with van der Waals surface area (Å²) in [5.41, 5.74) is 0.163. The van der Waals surface area contributed by atoms with Gasteiger partial charge in [0.25, 0.3) is 11.5 Å². The average Bonchev–Trinajstić information content (AvgIpc) is 3.36. The summed E-state index contributed by atoms with van der Waals surface area (Å²) in [4.78, 5) is 51.6. The van der Waals surface area contributed by atoms with E-state index in [1.165, 1.54) is 51.9 Å². The van der Waals surface area contributed by atoms with Crippen LogP contribution in [0.2, 0.25) is 0 Å². The number of aromatic carboxylic acids is 1. The zero-order valence-corrected chi connectivity index (χ0v) is 22.7. The van der Waals surface area contributed by atoms with E-state index in [0.29, 0.717) is 22.3 Å². The number of amides is 1. The number of nitrogens with zero attached hydrogens (tertiary/aromatic N) is 2. The Morgan fingerprint density at radius 2 is 1.74 bits per heavy atom. The fourth-order valence-corrected chi connectivity index (χ4v) is 5.47. The van der Waals surface area contributed by atoms with E-state index in [1.807, 2.05) is 0 Å². The van der Waals surface area contributed by atoms with Gasteiger partial charge >= 0.3 is 12.1 Å². The van der Waals surface area contributed by atoms with Gasteiger partial charge in [-0.1, -0.05) is 54.1 Å². The fourth-order valence-electron chi connectivity index (χ4n) is 5.47. The number of hydrogen-bond acceptors (Lipinski definition) is 7. The number of carboxylic acids is 1. The van der Waals surface area contributed by atoms with Crippen LogP contribution >= 0.6 is 0 Å². The number of aromatic nitrogens is 1. The van der Waals surface area contributed by atoms with Crippen LogP contribution in [-0.2, 0) is 21.9 Å². The number of fused-ring (bicyclic) bond motifs is 4. The molecule has 0 bridgehead atoms. The number of anilines is 1. The SMILES string of the molecule is C/C1=C/C(F)(F)c2ccccc2-c2cc3ccc(N4C[C@@H](COC(=O)c5ccccc5C(=O)[O-])OC4=O)cc3c(=O)n2C1.